The van der Waals surface area contributed by atoms with E-state index in [1.54, 1.807) is 0 Å². The molecule has 1 saturated heterocycles. The van der Waals surface area contributed by atoms with Crippen LogP contribution in [0.2, 0.25) is 0 Å². The maximum absolute atomic E-state index is 12.8. The van der Waals surface area contributed by atoms with Crippen LogP contribution in [-0.2, 0) is 52.4 Å². The molecule has 0 aliphatic carbocycles. The topological polar surface area (TPSA) is 171 Å². The molecule has 1 aromatic carbocycles. The molecule has 3 aliphatic rings. The molecule has 0 bridgehead atoms. The molecule has 4 aromatic rings. The lowest BCUT2D eigenvalue weighted by atomic mass is 9.62. The SMILES string of the molecule is CC[C@]12CCCN3CCc4c(n(c5ccccc45)[C@@](O)(C(=O)OC)C1)[C@@H]32.Cn1c(=O)c2c(ncn2CCCS(=O)(=O)O)n(C)c1=O. The molecule has 7 rings (SSSR count). The minimum Gasteiger partial charge on any atom is -0.465 e. The standard InChI is InChI=1S/C21H26N2O3.C10H14N4O5S/c1-3-20-10-6-11-22-12-9-15-14-7-4-5-8-16(14)23(17(15)18(20)22)21(25,13-20)19(24)26-2;1-12-8-7(9(15)13(2)10(12)16)14(6-11-8)4-3-5-20(17,18)19/h4-5,7-8,18,25H,3,6,9-13H2,1-2H3;6H,3-5H2,1-2H3,(H,17,18,19)/t18-,20+,21+;/m1./s1. The summed E-state index contributed by atoms with van der Waals surface area (Å²) in [6, 6.07) is 8.45. The van der Waals surface area contributed by atoms with Crippen LogP contribution in [0.4, 0.5) is 0 Å². The van der Waals surface area contributed by atoms with Crippen LogP contribution in [0.5, 0.6) is 0 Å². The number of nitrogens with zero attached hydrogens (tertiary/aromatic N) is 6. The van der Waals surface area contributed by atoms with E-state index < -0.39 is 38.8 Å². The third kappa shape index (κ3) is 4.91. The first kappa shape index (κ1) is 32.2. The highest BCUT2D eigenvalue weighted by Gasteiger charge is 2.60. The molecule has 0 saturated carbocycles. The van der Waals surface area contributed by atoms with Crippen LogP contribution in [0.3, 0.4) is 0 Å². The molecule has 3 aliphatic heterocycles. The van der Waals surface area contributed by atoms with Gasteiger partial charge in [0.1, 0.15) is 0 Å². The van der Waals surface area contributed by atoms with Crippen molar-refractivity contribution in [3.8, 4) is 0 Å². The zero-order valence-corrected chi connectivity index (χ0v) is 27.3. The minimum absolute atomic E-state index is 0.0826. The number of fused-ring (bicyclic) bond motifs is 4. The first-order valence-corrected chi connectivity index (χ1v) is 17.1. The predicted octanol–water partition coefficient (Wildman–Crippen LogP) is 1.66. The van der Waals surface area contributed by atoms with Crippen LogP contribution >= 0.6 is 0 Å². The number of hydrogen-bond acceptors (Lipinski definition) is 9. The van der Waals surface area contributed by atoms with Gasteiger partial charge in [-0.2, -0.15) is 8.42 Å². The van der Waals surface area contributed by atoms with Crippen molar-refractivity contribution in [2.75, 3.05) is 26.0 Å². The van der Waals surface area contributed by atoms with Crippen LogP contribution in [0.1, 0.15) is 56.3 Å². The van der Waals surface area contributed by atoms with Gasteiger partial charge in [-0.1, -0.05) is 25.1 Å². The molecule has 0 spiro atoms. The molecule has 248 valence electrons. The number of ether oxygens (including phenoxy) is 1. The number of hydrogen-bond donors (Lipinski definition) is 2. The summed E-state index contributed by atoms with van der Waals surface area (Å²) >= 11 is 0. The van der Waals surface area contributed by atoms with Crippen molar-refractivity contribution in [1.82, 2.24) is 28.2 Å². The van der Waals surface area contributed by atoms with E-state index in [4.69, 9.17) is 9.29 Å². The van der Waals surface area contributed by atoms with E-state index in [9.17, 15) is 27.9 Å². The van der Waals surface area contributed by atoms with E-state index in [0.29, 0.717) is 6.42 Å². The highest BCUT2D eigenvalue weighted by molar-refractivity contribution is 7.85. The molecule has 0 radical (unpaired) electrons. The fourth-order valence-corrected chi connectivity index (χ4v) is 8.58. The number of rotatable bonds is 6. The number of benzene rings is 1. The lowest BCUT2D eigenvalue weighted by Gasteiger charge is -2.57. The Bertz CT molecular complexity index is 2080. The molecular formula is C31H40N6O8S. The zero-order valence-electron chi connectivity index (χ0n) is 26.5. The Morgan fingerprint density at radius 2 is 1.89 bits per heavy atom. The summed E-state index contributed by atoms with van der Waals surface area (Å²) in [4.78, 5) is 43.2. The monoisotopic (exact) mass is 656 g/mol. The van der Waals surface area contributed by atoms with Crippen molar-refractivity contribution in [3.05, 3.63) is 62.7 Å². The Labute approximate surface area is 265 Å². The van der Waals surface area contributed by atoms with E-state index in [2.05, 4.69) is 22.9 Å². The smallest absolute Gasteiger partial charge is 0.359 e. The lowest BCUT2D eigenvalue weighted by Crippen LogP contribution is -2.60. The quantitative estimate of drug-likeness (QED) is 0.230. The molecule has 2 N–H and O–H groups in total. The number of methoxy groups -OCH3 is 1. The van der Waals surface area contributed by atoms with Gasteiger partial charge < -0.3 is 19.0 Å². The summed E-state index contributed by atoms with van der Waals surface area (Å²) in [6.07, 6.45) is 6.02. The van der Waals surface area contributed by atoms with Crippen LogP contribution in [0.15, 0.2) is 40.2 Å². The molecule has 1 fully saturated rings. The highest BCUT2D eigenvalue weighted by atomic mass is 32.2. The summed E-state index contributed by atoms with van der Waals surface area (Å²) in [5.74, 6) is -0.950. The number of carbonyl (C=O) groups excluding carboxylic acids is 1. The average molecular weight is 657 g/mol. The normalized spacial score (nSPS) is 24.0. The maximum atomic E-state index is 12.8. The Morgan fingerprint density at radius 3 is 2.59 bits per heavy atom. The molecule has 14 nitrogen and oxygen atoms in total. The van der Waals surface area contributed by atoms with Crippen molar-refractivity contribution < 1.29 is 27.6 Å². The van der Waals surface area contributed by atoms with E-state index >= 15 is 0 Å². The molecule has 0 amide bonds. The number of imidazole rings is 1. The van der Waals surface area contributed by atoms with Gasteiger partial charge >= 0.3 is 11.7 Å². The number of aliphatic hydroxyl groups is 1. The van der Waals surface area contributed by atoms with Gasteiger partial charge in [-0.05, 0) is 55.7 Å². The number of aryl methyl sites for hydroxylation is 2. The summed E-state index contributed by atoms with van der Waals surface area (Å²) in [5.41, 5.74) is 1.19. The van der Waals surface area contributed by atoms with Crippen molar-refractivity contribution in [2.45, 2.75) is 63.8 Å². The molecule has 3 atom stereocenters. The Kier molecular flexibility index (Phi) is 8.02. The summed E-state index contributed by atoms with van der Waals surface area (Å²) in [6.45, 7) is 4.56. The largest absolute Gasteiger partial charge is 0.465 e. The summed E-state index contributed by atoms with van der Waals surface area (Å²) in [5, 5.41) is 12.9. The molecule has 15 heteroatoms. The fraction of sp³-hybridized carbons (Fsp3) is 0.548. The van der Waals surface area contributed by atoms with Gasteiger partial charge in [0, 0.05) is 44.7 Å². The maximum Gasteiger partial charge on any atom is 0.359 e. The predicted molar refractivity (Wildman–Crippen MR) is 170 cm³/mol. The third-order valence-electron chi connectivity index (χ3n) is 10.2. The van der Waals surface area contributed by atoms with Gasteiger partial charge in [0.05, 0.1) is 30.7 Å². The number of carbonyl (C=O) groups is 1. The zero-order chi connectivity index (χ0) is 33.2. The van der Waals surface area contributed by atoms with Crippen molar-refractivity contribution in [3.63, 3.8) is 0 Å². The number of aromatic nitrogens is 5. The van der Waals surface area contributed by atoms with E-state index in [-0.39, 0.29) is 35.6 Å². The second-order valence-corrected chi connectivity index (χ2v) is 14.2. The number of para-hydroxylation sites is 1. The van der Waals surface area contributed by atoms with Gasteiger partial charge in [0.2, 0.25) is 5.72 Å². The minimum atomic E-state index is -4.04. The number of esters is 1. The molecule has 3 aromatic heterocycles. The van der Waals surface area contributed by atoms with Crippen LogP contribution in [-0.4, -0.2) is 78.2 Å². The van der Waals surface area contributed by atoms with Crippen molar-refractivity contribution in [1.29, 1.82) is 0 Å². The van der Waals surface area contributed by atoms with Crippen LogP contribution in [0.25, 0.3) is 22.1 Å². The van der Waals surface area contributed by atoms with Gasteiger partial charge in [-0.3, -0.25) is 23.4 Å². The molecule has 46 heavy (non-hydrogen) atoms. The third-order valence-corrected chi connectivity index (χ3v) is 11.0. The van der Waals surface area contributed by atoms with Gasteiger partial charge in [0.15, 0.2) is 11.2 Å². The van der Waals surface area contributed by atoms with Crippen LogP contribution < -0.4 is 11.2 Å². The van der Waals surface area contributed by atoms with Gasteiger partial charge in [-0.25, -0.2) is 14.6 Å². The average Bonchev–Trinajstić information content (AvgIpc) is 3.62. The Hall–Kier alpha value is -3.79. The summed E-state index contributed by atoms with van der Waals surface area (Å²) in [7, 11) is 0.196. The van der Waals surface area contributed by atoms with E-state index in [1.807, 2.05) is 22.8 Å². The highest BCUT2D eigenvalue weighted by Crippen LogP contribution is 2.60. The fourth-order valence-electron chi connectivity index (χ4n) is 8.08. The van der Waals surface area contributed by atoms with Gasteiger partial charge in [0.25, 0.3) is 15.7 Å². The van der Waals surface area contributed by atoms with Gasteiger partial charge in [-0.15, -0.1) is 0 Å². The number of piperidine rings is 1. The molecular weight excluding hydrogens is 616 g/mol. The Balaban J connectivity index is 0.000000168. The molecule has 6 heterocycles. The van der Waals surface area contributed by atoms with E-state index in [1.165, 1.54) is 47.6 Å². The second kappa shape index (κ2) is 11.5. The molecule has 0 unspecified atom stereocenters. The first-order chi connectivity index (χ1) is 21.8. The second-order valence-electron chi connectivity index (χ2n) is 12.7. The summed E-state index contributed by atoms with van der Waals surface area (Å²) < 4.78 is 40.7. The van der Waals surface area contributed by atoms with Crippen LogP contribution in [0, 0.1) is 5.41 Å². The van der Waals surface area contributed by atoms with Crippen molar-refractivity contribution in [2.24, 2.45) is 19.5 Å². The van der Waals surface area contributed by atoms with E-state index in [0.717, 1.165) is 54.6 Å². The van der Waals surface area contributed by atoms with Crippen molar-refractivity contribution >= 4 is 38.2 Å². The first-order valence-electron chi connectivity index (χ1n) is 15.5. The Morgan fingerprint density at radius 1 is 1.15 bits per heavy atom. The lowest BCUT2D eigenvalue weighted by molar-refractivity contribution is -0.194.